The molecule has 2 heteroatoms. The van der Waals surface area contributed by atoms with Crippen LogP contribution in [0.5, 0.6) is 0 Å². The van der Waals surface area contributed by atoms with E-state index in [1.807, 2.05) is 0 Å². The van der Waals surface area contributed by atoms with Crippen molar-refractivity contribution >= 4 is 34.4 Å². The highest BCUT2D eigenvalue weighted by Crippen LogP contribution is 2.14. The highest BCUT2D eigenvalue weighted by molar-refractivity contribution is 14.1. The molecule has 0 saturated carbocycles. The Labute approximate surface area is 76.3 Å². The summed E-state index contributed by atoms with van der Waals surface area (Å²) in [4.78, 5) is 0. The van der Waals surface area contributed by atoms with Crippen molar-refractivity contribution in [2.75, 3.05) is 15.9 Å². The molecule has 1 heterocycles. The first-order valence-electron chi connectivity index (χ1n) is 3.55. The van der Waals surface area contributed by atoms with Gasteiger partial charge in [-0.25, -0.2) is 0 Å². The van der Waals surface area contributed by atoms with Crippen molar-refractivity contribution in [2.45, 2.75) is 26.2 Å². The lowest BCUT2D eigenvalue weighted by Gasteiger charge is -1.69. The van der Waals surface area contributed by atoms with Gasteiger partial charge in [-0.2, -0.15) is 11.8 Å². The number of alkyl halides is 1. The SMILES string of the molecule is C1CCSC1.CCCI. The molecule has 0 aromatic heterocycles. The molecule has 1 rings (SSSR count). The lowest BCUT2D eigenvalue weighted by Crippen LogP contribution is -1.58. The molecule has 0 aromatic rings. The third-order valence-corrected chi connectivity index (χ3v) is 3.25. The van der Waals surface area contributed by atoms with E-state index in [4.69, 9.17) is 0 Å². The largest absolute Gasteiger partial charge is 0.162 e. The van der Waals surface area contributed by atoms with Crippen LogP contribution in [-0.4, -0.2) is 15.9 Å². The van der Waals surface area contributed by atoms with Gasteiger partial charge in [0, 0.05) is 0 Å². The lowest BCUT2D eigenvalue weighted by molar-refractivity contribution is 0.949. The molecular weight excluding hydrogens is 243 g/mol. The predicted molar refractivity (Wildman–Crippen MR) is 55.7 cm³/mol. The fraction of sp³-hybridized carbons (Fsp3) is 1.00. The molecule has 1 saturated heterocycles. The van der Waals surface area contributed by atoms with Crippen LogP contribution < -0.4 is 0 Å². The van der Waals surface area contributed by atoms with E-state index in [0.29, 0.717) is 0 Å². The van der Waals surface area contributed by atoms with Gasteiger partial charge >= 0.3 is 0 Å². The van der Waals surface area contributed by atoms with Gasteiger partial charge in [0.25, 0.3) is 0 Å². The van der Waals surface area contributed by atoms with Gasteiger partial charge in [-0.05, 0) is 35.2 Å². The van der Waals surface area contributed by atoms with E-state index in [9.17, 15) is 0 Å². The molecule has 0 aromatic carbocycles. The minimum Gasteiger partial charge on any atom is -0.162 e. The highest BCUT2D eigenvalue weighted by atomic mass is 127. The molecule has 0 N–H and O–H groups in total. The fourth-order valence-corrected chi connectivity index (χ4v) is 1.53. The summed E-state index contributed by atoms with van der Waals surface area (Å²) in [7, 11) is 0. The average molecular weight is 258 g/mol. The molecule has 9 heavy (non-hydrogen) atoms. The third-order valence-electron chi connectivity index (χ3n) is 1.02. The number of thioether (sulfide) groups is 1. The zero-order valence-electron chi connectivity index (χ0n) is 6.03. The van der Waals surface area contributed by atoms with Gasteiger partial charge in [0.1, 0.15) is 0 Å². The van der Waals surface area contributed by atoms with Crippen molar-refractivity contribution in [2.24, 2.45) is 0 Å². The minimum absolute atomic E-state index is 1.29. The summed E-state index contributed by atoms with van der Waals surface area (Å²) in [6.07, 6.45) is 4.23. The van der Waals surface area contributed by atoms with Crippen LogP contribution in [0.2, 0.25) is 0 Å². The molecule has 56 valence electrons. The maximum atomic E-state index is 2.35. The molecule has 0 aliphatic carbocycles. The number of hydrogen-bond acceptors (Lipinski definition) is 1. The summed E-state index contributed by atoms with van der Waals surface area (Å²) < 4.78 is 1.29. The van der Waals surface area contributed by atoms with Crippen molar-refractivity contribution in [3.8, 4) is 0 Å². The molecular formula is C7H15IS. The van der Waals surface area contributed by atoms with Crippen molar-refractivity contribution in [1.29, 1.82) is 0 Å². The number of hydrogen-bond donors (Lipinski definition) is 0. The van der Waals surface area contributed by atoms with E-state index < -0.39 is 0 Å². The molecule has 1 aliphatic rings. The van der Waals surface area contributed by atoms with Crippen LogP contribution in [0.25, 0.3) is 0 Å². The summed E-state index contributed by atoms with van der Waals surface area (Å²) in [5, 5.41) is 0. The van der Waals surface area contributed by atoms with E-state index in [0.717, 1.165) is 0 Å². The van der Waals surface area contributed by atoms with Crippen molar-refractivity contribution in [1.82, 2.24) is 0 Å². The summed E-state index contributed by atoms with van der Waals surface area (Å²) in [5.41, 5.74) is 0. The first kappa shape index (κ1) is 10.1. The van der Waals surface area contributed by atoms with Gasteiger partial charge in [0.15, 0.2) is 0 Å². The van der Waals surface area contributed by atoms with Crippen molar-refractivity contribution < 1.29 is 0 Å². The Morgan fingerprint density at radius 3 is 1.89 bits per heavy atom. The fourth-order valence-electron chi connectivity index (χ4n) is 0.510. The molecule has 0 amide bonds. The summed E-state index contributed by atoms with van der Waals surface area (Å²) in [5.74, 6) is 2.83. The first-order chi connectivity index (χ1) is 4.41. The third kappa shape index (κ3) is 9.08. The van der Waals surface area contributed by atoms with E-state index in [1.165, 1.54) is 35.2 Å². The summed E-state index contributed by atoms with van der Waals surface area (Å²) >= 11 is 4.43. The first-order valence-corrected chi connectivity index (χ1v) is 6.23. The molecule has 1 aliphatic heterocycles. The van der Waals surface area contributed by atoms with Crippen LogP contribution in [0, 0.1) is 0 Å². The standard InChI is InChI=1S/C4H8S.C3H7I/c1-2-4-5-3-1;1-2-3-4/h1-4H2;2-3H2,1H3. The van der Waals surface area contributed by atoms with Gasteiger partial charge < -0.3 is 0 Å². The number of rotatable bonds is 1. The second kappa shape index (κ2) is 9.08. The van der Waals surface area contributed by atoms with Crippen LogP contribution in [0.15, 0.2) is 0 Å². The molecule has 0 bridgehead atoms. The molecule has 0 spiro atoms. The van der Waals surface area contributed by atoms with Gasteiger partial charge in [0.2, 0.25) is 0 Å². The molecule has 0 unspecified atom stereocenters. The van der Waals surface area contributed by atoms with Crippen LogP contribution in [0.3, 0.4) is 0 Å². The maximum Gasteiger partial charge on any atom is -0.000735 e. The van der Waals surface area contributed by atoms with E-state index >= 15 is 0 Å². The smallest absolute Gasteiger partial charge is 0.000735 e. The van der Waals surface area contributed by atoms with Gasteiger partial charge in [-0.1, -0.05) is 29.5 Å². The predicted octanol–water partition coefficient (Wildman–Crippen LogP) is 3.34. The van der Waals surface area contributed by atoms with Crippen LogP contribution >= 0.6 is 34.4 Å². The molecule has 0 radical (unpaired) electrons. The Morgan fingerprint density at radius 2 is 1.78 bits per heavy atom. The Hall–Kier alpha value is 1.08. The lowest BCUT2D eigenvalue weighted by atomic mass is 10.4. The summed E-state index contributed by atoms with van der Waals surface area (Å²) in [6, 6.07) is 0. The zero-order valence-corrected chi connectivity index (χ0v) is 9.00. The Bertz CT molecular complexity index is 34.6. The Balaban J connectivity index is 0.000000148. The average Bonchev–Trinajstić information content (AvgIpc) is 2.43. The normalized spacial score (nSPS) is 16.7. The Kier molecular flexibility index (Phi) is 10.2. The Morgan fingerprint density at radius 1 is 1.33 bits per heavy atom. The summed E-state index contributed by atoms with van der Waals surface area (Å²) in [6.45, 7) is 2.17. The number of halogens is 1. The van der Waals surface area contributed by atoms with E-state index in [2.05, 4.69) is 41.3 Å². The quantitative estimate of drug-likeness (QED) is 0.513. The van der Waals surface area contributed by atoms with Gasteiger partial charge in [0.05, 0.1) is 0 Å². The van der Waals surface area contributed by atoms with Crippen molar-refractivity contribution in [3.63, 3.8) is 0 Å². The molecule has 0 atom stereocenters. The van der Waals surface area contributed by atoms with Gasteiger partial charge in [-0.3, -0.25) is 0 Å². The topological polar surface area (TPSA) is 0 Å². The van der Waals surface area contributed by atoms with Crippen LogP contribution in [0.4, 0.5) is 0 Å². The second-order valence-electron chi connectivity index (χ2n) is 2.01. The molecule has 0 nitrogen and oxygen atoms in total. The second-order valence-corrected chi connectivity index (χ2v) is 4.31. The van der Waals surface area contributed by atoms with Gasteiger partial charge in [-0.15, -0.1) is 0 Å². The van der Waals surface area contributed by atoms with Crippen molar-refractivity contribution in [3.05, 3.63) is 0 Å². The zero-order chi connectivity index (χ0) is 6.95. The maximum absolute atomic E-state index is 2.35. The minimum atomic E-state index is 1.29. The van der Waals surface area contributed by atoms with Crippen LogP contribution in [-0.2, 0) is 0 Å². The monoisotopic (exact) mass is 258 g/mol. The molecule has 1 fully saturated rings. The van der Waals surface area contributed by atoms with Crippen LogP contribution in [0.1, 0.15) is 26.2 Å². The van der Waals surface area contributed by atoms with E-state index in [-0.39, 0.29) is 0 Å². The van der Waals surface area contributed by atoms with E-state index in [1.54, 1.807) is 0 Å². The highest BCUT2D eigenvalue weighted by Gasteiger charge is 1.95.